The van der Waals surface area contributed by atoms with Crippen LogP contribution in [0.3, 0.4) is 0 Å². The van der Waals surface area contributed by atoms with Crippen molar-refractivity contribution in [2.24, 2.45) is 0 Å². The van der Waals surface area contributed by atoms with Crippen molar-refractivity contribution in [2.75, 3.05) is 18.4 Å². The first-order valence-electron chi connectivity index (χ1n) is 9.57. The fourth-order valence-electron chi connectivity index (χ4n) is 3.88. The molecular formula is C20H23Cl2N5O. The van der Waals surface area contributed by atoms with Gasteiger partial charge < -0.3 is 5.32 Å². The third-order valence-electron chi connectivity index (χ3n) is 5.28. The van der Waals surface area contributed by atoms with E-state index in [4.69, 9.17) is 23.2 Å². The van der Waals surface area contributed by atoms with Gasteiger partial charge in [-0.3, -0.25) is 10.2 Å². The second-order valence-electron chi connectivity index (χ2n) is 7.24. The Balaban J connectivity index is 1.70. The van der Waals surface area contributed by atoms with E-state index in [1.807, 2.05) is 28.7 Å². The Morgan fingerprint density at radius 1 is 1.14 bits per heavy atom. The maximum absolute atomic E-state index is 13.3. The number of hydrazine groups is 1. The van der Waals surface area contributed by atoms with Gasteiger partial charge in [0.05, 0.1) is 21.8 Å². The molecule has 6 nitrogen and oxygen atoms in total. The van der Waals surface area contributed by atoms with Gasteiger partial charge in [-0.25, -0.2) is 9.69 Å². The summed E-state index contributed by atoms with van der Waals surface area (Å²) in [6.45, 7) is 3.66. The summed E-state index contributed by atoms with van der Waals surface area (Å²) in [5, 5.41) is 10.7. The van der Waals surface area contributed by atoms with Crippen LogP contribution in [0.2, 0.25) is 10.0 Å². The molecule has 148 valence electrons. The van der Waals surface area contributed by atoms with E-state index in [0.717, 1.165) is 43.0 Å². The summed E-state index contributed by atoms with van der Waals surface area (Å²) in [6, 6.07) is 6.95. The highest BCUT2D eigenvalue weighted by atomic mass is 35.5. The van der Waals surface area contributed by atoms with Crippen LogP contribution < -0.4 is 10.7 Å². The van der Waals surface area contributed by atoms with Crippen LogP contribution in [0.1, 0.15) is 44.2 Å². The fraction of sp³-hybridized carbons (Fsp3) is 0.400. The predicted molar refractivity (Wildman–Crippen MR) is 111 cm³/mol. The number of fused-ring (bicyclic) bond motifs is 1. The lowest BCUT2D eigenvalue weighted by Gasteiger charge is -2.31. The van der Waals surface area contributed by atoms with Crippen molar-refractivity contribution < 1.29 is 4.79 Å². The maximum atomic E-state index is 13.3. The van der Waals surface area contributed by atoms with Crippen LogP contribution in [0.15, 0.2) is 41.7 Å². The number of halogens is 2. The number of carbonyl (C=O) groups excluding carboxylic acids is 1. The number of allylic oxidation sites excluding steroid dienone is 1. The normalized spacial score (nSPS) is 20.3. The largest absolute Gasteiger partial charge is 0.344 e. The smallest absolute Gasteiger partial charge is 0.265 e. The molecule has 2 aliphatic rings. The number of carbonyl (C=O) groups is 1. The molecule has 8 heteroatoms. The standard InChI is InChI=1S/C20H23Cl2N5O/c1-13-18(20(28)25-26-10-4-2-3-5-11-26)19(27-17(24-13)8-9-23-27)14-6-7-15(21)16(22)12-14/h6-9,12,19,24H,2-5,10-11H2,1H3,(H,25,28). The average molecular weight is 420 g/mol. The van der Waals surface area contributed by atoms with Gasteiger partial charge in [0.1, 0.15) is 11.9 Å². The zero-order valence-electron chi connectivity index (χ0n) is 15.7. The Morgan fingerprint density at radius 2 is 1.89 bits per heavy atom. The fourth-order valence-corrected chi connectivity index (χ4v) is 4.18. The van der Waals surface area contributed by atoms with Crippen molar-refractivity contribution in [3.8, 4) is 0 Å². The van der Waals surface area contributed by atoms with E-state index in [9.17, 15) is 4.79 Å². The van der Waals surface area contributed by atoms with E-state index in [2.05, 4.69) is 15.8 Å². The number of benzene rings is 1. The van der Waals surface area contributed by atoms with Gasteiger partial charge in [0.2, 0.25) is 0 Å². The lowest BCUT2D eigenvalue weighted by Crippen LogP contribution is -2.45. The first-order chi connectivity index (χ1) is 13.5. The van der Waals surface area contributed by atoms with Crippen LogP contribution in [-0.4, -0.2) is 33.8 Å². The zero-order chi connectivity index (χ0) is 19.7. The molecule has 1 amide bonds. The van der Waals surface area contributed by atoms with E-state index in [1.165, 1.54) is 12.8 Å². The van der Waals surface area contributed by atoms with Crippen LogP contribution in [-0.2, 0) is 4.79 Å². The summed E-state index contributed by atoms with van der Waals surface area (Å²) in [5.41, 5.74) is 5.39. The highest BCUT2D eigenvalue weighted by molar-refractivity contribution is 6.42. The number of amides is 1. The second kappa shape index (κ2) is 8.15. The Labute approximate surface area is 174 Å². The molecular weight excluding hydrogens is 397 g/mol. The second-order valence-corrected chi connectivity index (χ2v) is 8.06. The summed E-state index contributed by atoms with van der Waals surface area (Å²) in [5.74, 6) is 0.712. The number of anilines is 1. The molecule has 0 spiro atoms. The monoisotopic (exact) mass is 419 g/mol. The van der Waals surface area contributed by atoms with Crippen LogP contribution >= 0.6 is 23.2 Å². The Kier molecular flexibility index (Phi) is 5.62. The molecule has 4 rings (SSSR count). The minimum absolute atomic E-state index is 0.121. The first kappa shape index (κ1) is 19.3. The van der Waals surface area contributed by atoms with Crippen LogP contribution in [0.5, 0.6) is 0 Å². The van der Waals surface area contributed by atoms with Gasteiger partial charge in [0.15, 0.2) is 0 Å². The molecule has 1 fully saturated rings. The molecule has 1 atom stereocenters. The number of hydrogen-bond donors (Lipinski definition) is 2. The van der Waals surface area contributed by atoms with Crippen molar-refractivity contribution >= 4 is 34.9 Å². The van der Waals surface area contributed by atoms with Gasteiger partial charge in [-0.05, 0) is 37.5 Å². The minimum Gasteiger partial charge on any atom is -0.344 e. The Morgan fingerprint density at radius 3 is 2.61 bits per heavy atom. The molecule has 2 aromatic rings. The number of hydrogen-bond acceptors (Lipinski definition) is 4. The van der Waals surface area contributed by atoms with Gasteiger partial charge in [-0.1, -0.05) is 42.1 Å². The number of rotatable bonds is 3. The number of nitrogens with zero attached hydrogens (tertiary/aromatic N) is 3. The van der Waals surface area contributed by atoms with Crippen molar-refractivity contribution in [3.05, 3.63) is 57.3 Å². The summed E-state index contributed by atoms with van der Waals surface area (Å²) in [7, 11) is 0. The minimum atomic E-state index is -0.381. The van der Waals surface area contributed by atoms with Gasteiger partial charge in [-0.15, -0.1) is 0 Å². The first-order valence-corrected chi connectivity index (χ1v) is 10.3. The third-order valence-corrected chi connectivity index (χ3v) is 6.02. The topological polar surface area (TPSA) is 62.2 Å². The molecule has 2 N–H and O–H groups in total. The molecule has 28 heavy (non-hydrogen) atoms. The SMILES string of the molecule is CC1=C(C(=O)NN2CCCCCC2)C(c2ccc(Cl)c(Cl)c2)n2nccc2N1. The van der Waals surface area contributed by atoms with Gasteiger partial charge in [-0.2, -0.15) is 5.10 Å². The van der Waals surface area contributed by atoms with Crippen LogP contribution in [0, 0.1) is 0 Å². The molecule has 1 saturated heterocycles. The Hall–Kier alpha value is -2.02. The quantitative estimate of drug-likeness (QED) is 0.774. The van der Waals surface area contributed by atoms with Crippen molar-refractivity contribution in [1.29, 1.82) is 0 Å². The summed E-state index contributed by atoms with van der Waals surface area (Å²) < 4.78 is 1.81. The van der Waals surface area contributed by atoms with Crippen LogP contribution in [0.25, 0.3) is 0 Å². The van der Waals surface area contributed by atoms with E-state index < -0.39 is 0 Å². The molecule has 1 aromatic heterocycles. The van der Waals surface area contributed by atoms with E-state index >= 15 is 0 Å². The molecule has 0 radical (unpaired) electrons. The lowest BCUT2D eigenvalue weighted by atomic mass is 9.95. The van der Waals surface area contributed by atoms with Crippen molar-refractivity contribution in [3.63, 3.8) is 0 Å². The van der Waals surface area contributed by atoms with Gasteiger partial charge in [0.25, 0.3) is 5.91 Å². The van der Waals surface area contributed by atoms with Crippen molar-refractivity contribution in [1.82, 2.24) is 20.2 Å². The van der Waals surface area contributed by atoms with Gasteiger partial charge >= 0.3 is 0 Å². The number of aromatic nitrogens is 2. The highest BCUT2D eigenvalue weighted by Gasteiger charge is 2.33. The third kappa shape index (κ3) is 3.77. The molecule has 0 bridgehead atoms. The van der Waals surface area contributed by atoms with Crippen LogP contribution in [0.4, 0.5) is 5.82 Å². The van der Waals surface area contributed by atoms with Crippen molar-refractivity contribution in [2.45, 2.75) is 38.6 Å². The molecule has 0 aliphatic carbocycles. The Bertz CT molecular complexity index is 915. The predicted octanol–water partition coefficient (Wildman–Crippen LogP) is 4.39. The maximum Gasteiger partial charge on any atom is 0.265 e. The summed E-state index contributed by atoms with van der Waals surface area (Å²) in [4.78, 5) is 13.3. The number of nitrogens with one attached hydrogen (secondary N) is 2. The molecule has 2 aliphatic heterocycles. The lowest BCUT2D eigenvalue weighted by molar-refractivity contribution is -0.122. The summed E-state index contributed by atoms with van der Waals surface area (Å²) in [6.07, 6.45) is 6.32. The molecule has 3 heterocycles. The zero-order valence-corrected chi connectivity index (χ0v) is 17.2. The molecule has 1 unspecified atom stereocenters. The molecule has 0 saturated carbocycles. The van der Waals surface area contributed by atoms with E-state index in [0.29, 0.717) is 15.6 Å². The van der Waals surface area contributed by atoms with E-state index in [1.54, 1.807) is 18.3 Å². The van der Waals surface area contributed by atoms with E-state index in [-0.39, 0.29) is 11.9 Å². The summed E-state index contributed by atoms with van der Waals surface area (Å²) >= 11 is 12.4. The highest BCUT2D eigenvalue weighted by Crippen LogP contribution is 2.37. The molecule has 1 aromatic carbocycles. The average Bonchev–Trinajstić information content (AvgIpc) is 2.98. The van der Waals surface area contributed by atoms with Gasteiger partial charge in [0, 0.05) is 24.9 Å².